The van der Waals surface area contributed by atoms with Gasteiger partial charge in [-0.1, -0.05) is 0 Å². The molecule has 0 radical (unpaired) electrons. The number of carbonyl (C=O) groups excluding carboxylic acids is 2. The van der Waals surface area contributed by atoms with Gasteiger partial charge in [0.05, 0.1) is 6.61 Å². The van der Waals surface area contributed by atoms with Gasteiger partial charge < -0.3 is 20.7 Å². The summed E-state index contributed by atoms with van der Waals surface area (Å²) in [7, 11) is 1.45. The molecule has 0 saturated heterocycles. The van der Waals surface area contributed by atoms with Gasteiger partial charge in [0.15, 0.2) is 0 Å². The maximum absolute atomic E-state index is 12.8. The van der Waals surface area contributed by atoms with Crippen LogP contribution in [-0.2, 0) is 14.3 Å². The summed E-state index contributed by atoms with van der Waals surface area (Å²) < 4.78 is 17.7. The number of hydrogen-bond donors (Lipinski definition) is 2. The Labute approximate surface area is 141 Å². The van der Waals surface area contributed by atoms with Gasteiger partial charge in [0.1, 0.15) is 18.4 Å². The van der Waals surface area contributed by atoms with Gasteiger partial charge in [0, 0.05) is 18.8 Å². The number of methoxy groups -OCH3 is 1. The molecule has 0 aromatic heterocycles. The maximum Gasteiger partial charge on any atom is 0.244 e. The number of benzene rings is 1. The summed E-state index contributed by atoms with van der Waals surface area (Å²) in [6.45, 7) is 3.54. The molecule has 1 unspecified atom stereocenters. The van der Waals surface area contributed by atoms with Crippen LogP contribution in [-0.4, -0.2) is 49.1 Å². The Bertz CT molecular complexity index is 511. The maximum atomic E-state index is 12.8. The predicted octanol–water partition coefficient (Wildman–Crippen LogP) is 1.40. The standard InChI is InChI=1S/C15H22FN3O3.ClH/c1-10(2)19(15(21)13(17)9-22-3)8-14(20)18-12-6-4-11(16)5-7-12;/h4-7,10,13H,8-9,17H2,1-3H3,(H,18,20);1H. The number of nitrogens with one attached hydrogen (secondary N) is 1. The molecule has 1 rings (SSSR count). The van der Waals surface area contributed by atoms with E-state index in [-0.39, 0.29) is 49.2 Å². The van der Waals surface area contributed by atoms with Crippen LogP contribution < -0.4 is 11.1 Å². The van der Waals surface area contributed by atoms with Crippen LogP contribution in [0.25, 0.3) is 0 Å². The van der Waals surface area contributed by atoms with Crippen LogP contribution in [0.3, 0.4) is 0 Å². The Kier molecular flexibility index (Phi) is 9.40. The first kappa shape index (κ1) is 21.3. The fraction of sp³-hybridized carbons (Fsp3) is 0.467. The van der Waals surface area contributed by atoms with E-state index in [9.17, 15) is 14.0 Å². The summed E-state index contributed by atoms with van der Waals surface area (Å²) in [5.74, 6) is -1.12. The van der Waals surface area contributed by atoms with E-state index >= 15 is 0 Å². The molecule has 0 aliphatic rings. The van der Waals surface area contributed by atoms with Crippen molar-refractivity contribution in [1.29, 1.82) is 0 Å². The number of amides is 2. The Balaban J connectivity index is 0.00000484. The van der Waals surface area contributed by atoms with E-state index in [2.05, 4.69) is 5.32 Å². The highest BCUT2D eigenvalue weighted by Crippen LogP contribution is 2.09. The van der Waals surface area contributed by atoms with Gasteiger partial charge in [0.2, 0.25) is 11.8 Å². The van der Waals surface area contributed by atoms with Crippen molar-refractivity contribution in [1.82, 2.24) is 4.90 Å². The first-order valence-electron chi connectivity index (χ1n) is 6.95. The third-order valence-corrected chi connectivity index (χ3v) is 3.01. The monoisotopic (exact) mass is 347 g/mol. The molecule has 130 valence electrons. The second kappa shape index (κ2) is 10.1. The van der Waals surface area contributed by atoms with Crippen molar-refractivity contribution in [3.05, 3.63) is 30.1 Å². The molecule has 6 nitrogen and oxygen atoms in total. The second-order valence-electron chi connectivity index (χ2n) is 5.18. The van der Waals surface area contributed by atoms with Crippen LogP contribution in [0, 0.1) is 5.82 Å². The number of halogens is 2. The molecule has 3 N–H and O–H groups in total. The van der Waals surface area contributed by atoms with Gasteiger partial charge in [-0.15, -0.1) is 12.4 Å². The lowest BCUT2D eigenvalue weighted by Crippen LogP contribution is -2.51. The number of anilines is 1. The van der Waals surface area contributed by atoms with E-state index in [0.29, 0.717) is 5.69 Å². The highest BCUT2D eigenvalue weighted by atomic mass is 35.5. The molecule has 0 bridgehead atoms. The predicted molar refractivity (Wildman–Crippen MR) is 89.0 cm³/mol. The van der Waals surface area contributed by atoms with Crippen LogP contribution in [0.5, 0.6) is 0 Å². The fourth-order valence-electron chi connectivity index (χ4n) is 1.87. The van der Waals surface area contributed by atoms with Crippen molar-refractivity contribution in [2.24, 2.45) is 5.73 Å². The van der Waals surface area contributed by atoms with Crippen LogP contribution in [0.4, 0.5) is 10.1 Å². The molecule has 0 aliphatic heterocycles. The minimum Gasteiger partial charge on any atom is -0.383 e. The quantitative estimate of drug-likeness (QED) is 0.780. The number of nitrogens with two attached hydrogens (primary N) is 1. The molecule has 23 heavy (non-hydrogen) atoms. The summed E-state index contributed by atoms with van der Waals surface area (Å²) in [6, 6.07) is 4.39. The van der Waals surface area contributed by atoms with E-state index < -0.39 is 6.04 Å². The number of ether oxygens (including phenoxy) is 1. The molecule has 2 amide bonds. The molecule has 1 aromatic carbocycles. The minimum atomic E-state index is -0.814. The summed E-state index contributed by atoms with van der Waals surface area (Å²) in [6.07, 6.45) is 0. The van der Waals surface area contributed by atoms with Crippen LogP contribution in [0.2, 0.25) is 0 Å². The van der Waals surface area contributed by atoms with Crippen molar-refractivity contribution in [2.45, 2.75) is 25.9 Å². The minimum absolute atomic E-state index is 0. The molecule has 0 heterocycles. The van der Waals surface area contributed by atoms with Crippen molar-refractivity contribution in [3.63, 3.8) is 0 Å². The van der Waals surface area contributed by atoms with Gasteiger partial charge in [-0.3, -0.25) is 9.59 Å². The zero-order chi connectivity index (χ0) is 16.7. The van der Waals surface area contributed by atoms with Crippen LogP contribution in [0.15, 0.2) is 24.3 Å². The molecule has 0 aliphatic carbocycles. The highest BCUT2D eigenvalue weighted by molar-refractivity contribution is 5.95. The zero-order valence-corrected chi connectivity index (χ0v) is 14.2. The van der Waals surface area contributed by atoms with E-state index in [4.69, 9.17) is 10.5 Å². The van der Waals surface area contributed by atoms with Crippen LogP contribution in [0.1, 0.15) is 13.8 Å². The largest absolute Gasteiger partial charge is 0.383 e. The average molecular weight is 348 g/mol. The highest BCUT2D eigenvalue weighted by Gasteiger charge is 2.25. The van der Waals surface area contributed by atoms with E-state index in [0.717, 1.165) is 0 Å². The second-order valence-corrected chi connectivity index (χ2v) is 5.18. The van der Waals surface area contributed by atoms with Gasteiger partial charge in [-0.2, -0.15) is 0 Å². The number of carbonyl (C=O) groups is 2. The smallest absolute Gasteiger partial charge is 0.244 e. The molecule has 8 heteroatoms. The number of hydrogen-bond acceptors (Lipinski definition) is 4. The lowest BCUT2D eigenvalue weighted by Gasteiger charge is -2.28. The molecular formula is C15H23ClFN3O3. The zero-order valence-electron chi connectivity index (χ0n) is 13.4. The first-order valence-corrected chi connectivity index (χ1v) is 6.95. The summed E-state index contributed by atoms with van der Waals surface area (Å²) in [5, 5.41) is 2.61. The van der Waals surface area contributed by atoms with Gasteiger partial charge >= 0.3 is 0 Å². The summed E-state index contributed by atoms with van der Waals surface area (Å²) >= 11 is 0. The van der Waals surface area contributed by atoms with Gasteiger partial charge in [-0.05, 0) is 38.1 Å². The number of rotatable bonds is 7. The van der Waals surface area contributed by atoms with Gasteiger partial charge in [0.25, 0.3) is 0 Å². The van der Waals surface area contributed by atoms with E-state index in [1.165, 1.54) is 36.3 Å². The van der Waals surface area contributed by atoms with Gasteiger partial charge in [-0.25, -0.2) is 4.39 Å². The normalized spacial score (nSPS) is 11.6. The van der Waals surface area contributed by atoms with Crippen molar-refractivity contribution < 1.29 is 18.7 Å². The summed E-state index contributed by atoms with van der Waals surface area (Å²) in [5.41, 5.74) is 6.18. The Morgan fingerprint density at radius 3 is 2.35 bits per heavy atom. The Morgan fingerprint density at radius 1 is 1.30 bits per heavy atom. The molecule has 1 atom stereocenters. The fourth-order valence-corrected chi connectivity index (χ4v) is 1.87. The third-order valence-electron chi connectivity index (χ3n) is 3.01. The Morgan fingerprint density at radius 2 is 1.87 bits per heavy atom. The first-order chi connectivity index (χ1) is 10.3. The molecule has 0 saturated carbocycles. The lowest BCUT2D eigenvalue weighted by atomic mass is 10.2. The topological polar surface area (TPSA) is 84.7 Å². The van der Waals surface area contributed by atoms with Crippen molar-refractivity contribution in [3.8, 4) is 0 Å². The van der Waals surface area contributed by atoms with E-state index in [1.54, 1.807) is 13.8 Å². The number of nitrogens with zero attached hydrogens (tertiary/aromatic N) is 1. The summed E-state index contributed by atoms with van der Waals surface area (Å²) in [4.78, 5) is 25.6. The van der Waals surface area contributed by atoms with Crippen molar-refractivity contribution >= 4 is 29.9 Å². The Hall–Kier alpha value is -1.70. The SMILES string of the molecule is COCC(N)C(=O)N(CC(=O)Nc1ccc(F)cc1)C(C)C.Cl. The molecule has 0 fully saturated rings. The molecular weight excluding hydrogens is 325 g/mol. The lowest BCUT2D eigenvalue weighted by molar-refractivity contribution is -0.138. The van der Waals surface area contributed by atoms with Crippen molar-refractivity contribution in [2.75, 3.05) is 25.6 Å². The molecule has 0 spiro atoms. The van der Waals surface area contributed by atoms with E-state index in [1.807, 2.05) is 0 Å². The average Bonchev–Trinajstić information content (AvgIpc) is 2.46. The molecule has 1 aromatic rings. The van der Waals surface area contributed by atoms with Crippen LogP contribution >= 0.6 is 12.4 Å². The third kappa shape index (κ3) is 6.94.